The first-order valence-corrected chi connectivity index (χ1v) is 6.89. The van der Waals surface area contributed by atoms with Crippen molar-refractivity contribution in [2.45, 2.75) is 26.7 Å². The molecular formula is C10H18O6P+. The average Bonchev–Trinajstić information content (AvgIpc) is 2.24. The fraction of sp³-hybridized carbons (Fsp3) is 0.800. The Hall–Kier alpha value is -1.00. The van der Waals surface area contributed by atoms with Gasteiger partial charge in [0.25, 0.3) is 0 Å². The Bertz CT molecular complexity index is 260. The zero-order valence-electron chi connectivity index (χ0n) is 10.0. The molecule has 1 N–H and O–H groups in total. The number of hydrogen-bond acceptors (Lipinski definition) is 5. The van der Waals surface area contributed by atoms with Gasteiger partial charge in [-0.15, -0.1) is 0 Å². The summed E-state index contributed by atoms with van der Waals surface area (Å²) in [5, 5.41) is 0. The first-order chi connectivity index (χ1) is 8.02. The summed E-state index contributed by atoms with van der Waals surface area (Å²) in [4.78, 5) is 31.6. The van der Waals surface area contributed by atoms with Crippen molar-refractivity contribution >= 4 is 20.0 Å². The van der Waals surface area contributed by atoms with E-state index in [-0.39, 0.29) is 25.8 Å². The van der Waals surface area contributed by atoms with Gasteiger partial charge in [0.2, 0.25) is 0 Å². The molecule has 0 saturated heterocycles. The lowest BCUT2D eigenvalue weighted by Gasteiger charge is -2.12. The molecule has 0 fully saturated rings. The van der Waals surface area contributed by atoms with Gasteiger partial charge in [0.05, 0.1) is 13.2 Å². The van der Waals surface area contributed by atoms with Gasteiger partial charge in [-0.25, -0.2) is 0 Å². The third-order valence-electron chi connectivity index (χ3n) is 1.98. The van der Waals surface area contributed by atoms with Crippen LogP contribution in [0, 0.1) is 5.92 Å². The second-order valence-electron chi connectivity index (χ2n) is 3.27. The molecule has 0 bridgehead atoms. The molecule has 98 valence electrons. The largest absolute Gasteiger partial charge is 0.505 e. The van der Waals surface area contributed by atoms with Crippen molar-refractivity contribution in [1.82, 2.24) is 0 Å². The van der Waals surface area contributed by atoms with E-state index in [4.69, 9.17) is 14.4 Å². The van der Waals surface area contributed by atoms with Crippen molar-refractivity contribution in [3.63, 3.8) is 0 Å². The zero-order valence-corrected chi connectivity index (χ0v) is 10.9. The summed E-state index contributed by atoms with van der Waals surface area (Å²) in [6.45, 7) is 3.65. The molecule has 0 aromatic rings. The number of rotatable bonds is 8. The molecule has 1 atom stereocenters. The van der Waals surface area contributed by atoms with Crippen LogP contribution in [0.15, 0.2) is 0 Å². The molecule has 0 radical (unpaired) electrons. The molecule has 0 rings (SSSR count). The molecule has 17 heavy (non-hydrogen) atoms. The lowest BCUT2D eigenvalue weighted by molar-refractivity contribution is -0.161. The van der Waals surface area contributed by atoms with Crippen molar-refractivity contribution < 1.29 is 28.5 Å². The van der Waals surface area contributed by atoms with Crippen LogP contribution in [-0.2, 0) is 23.6 Å². The first kappa shape index (κ1) is 16.0. The van der Waals surface area contributed by atoms with Gasteiger partial charge in [0.15, 0.2) is 12.1 Å². The van der Waals surface area contributed by atoms with Crippen molar-refractivity contribution in [2.75, 3.05) is 19.4 Å². The summed E-state index contributed by atoms with van der Waals surface area (Å²) in [5.41, 5.74) is 0. The second kappa shape index (κ2) is 9.07. The van der Waals surface area contributed by atoms with E-state index in [2.05, 4.69) is 0 Å². The highest BCUT2D eigenvalue weighted by molar-refractivity contribution is 7.37. The average molecular weight is 265 g/mol. The molecule has 0 aliphatic rings. The van der Waals surface area contributed by atoms with Crippen molar-refractivity contribution in [3.05, 3.63) is 0 Å². The number of carbonyl (C=O) groups is 2. The Labute approximate surface area is 101 Å². The van der Waals surface area contributed by atoms with Gasteiger partial charge in [-0.3, -0.25) is 9.59 Å². The third kappa shape index (κ3) is 7.02. The molecule has 0 saturated carbocycles. The van der Waals surface area contributed by atoms with Crippen LogP contribution in [0.2, 0.25) is 0 Å². The van der Waals surface area contributed by atoms with E-state index < -0.39 is 25.9 Å². The summed E-state index contributed by atoms with van der Waals surface area (Å²) in [6.07, 6.45) is 0.526. The highest BCUT2D eigenvalue weighted by Gasteiger charge is 2.29. The van der Waals surface area contributed by atoms with Gasteiger partial charge in [-0.1, -0.05) is 0 Å². The lowest BCUT2D eigenvalue weighted by Crippen LogP contribution is -2.28. The van der Waals surface area contributed by atoms with Crippen LogP contribution in [0.5, 0.6) is 0 Å². The molecule has 6 nitrogen and oxygen atoms in total. The number of hydrogen-bond donors (Lipinski definition) is 1. The van der Waals surface area contributed by atoms with Crippen molar-refractivity contribution in [3.8, 4) is 0 Å². The van der Waals surface area contributed by atoms with Crippen LogP contribution in [0.25, 0.3) is 0 Å². The Morgan fingerprint density at radius 3 is 2.00 bits per heavy atom. The predicted octanol–water partition coefficient (Wildman–Crippen LogP) is 1.24. The van der Waals surface area contributed by atoms with E-state index >= 15 is 0 Å². The van der Waals surface area contributed by atoms with E-state index in [0.29, 0.717) is 6.42 Å². The highest BCUT2D eigenvalue weighted by atomic mass is 31.1. The summed E-state index contributed by atoms with van der Waals surface area (Å²) in [6, 6.07) is 0. The highest BCUT2D eigenvalue weighted by Crippen LogP contribution is 2.19. The number of carbonyl (C=O) groups excluding carboxylic acids is 2. The molecule has 0 aromatic carbocycles. The summed E-state index contributed by atoms with van der Waals surface area (Å²) in [5.74, 6) is -2.27. The van der Waals surface area contributed by atoms with Crippen molar-refractivity contribution in [2.24, 2.45) is 5.92 Å². The predicted molar refractivity (Wildman–Crippen MR) is 60.7 cm³/mol. The number of esters is 2. The molecule has 0 aromatic heterocycles. The monoisotopic (exact) mass is 265 g/mol. The van der Waals surface area contributed by atoms with Crippen LogP contribution >= 0.6 is 8.03 Å². The molecule has 0 spiro atoms. The Morgan fingerprint density at radius 2 is 1.65 bits per heavy atom. The Balaban J connectivity index is 4.34. The molecule has 1 unspecified atom stereocenters. The van der Waals surface area contributed by atoms with Crippen LogP contribution in [-0.4, -0.2) is 36.2 Å². The zero-order chi connectivity index (χ0) is 13.3. The first-order valence-electron chi connectivity index (χ1n) is 5.49. The fourth-order valence-corrected chi connectivity index (χ4v) is 1.70. The summed E-state index contributed by atoms with van der Waals surface area (Å²) >= 11 is 0. The maximum absolute atomic E-state index is 11.5. The van der Waals surface area contributed by atoms with Crippen LogP contribution in [0.1, 0.15) is 26.7 Å². The molecular weight excluding hydrogens is 247 g/mol. The minimum atomic E-state index is -2.24. The second-order valence-corrected chi connectivity index (χ2v) is 4.43. The molecule has 0 aliphatic heterocycles. The van der Waals surface area contributed by atoms with Crippen molar-refractivity contribution in [1.29, 1.82) is 0 Å². The standard InChI is InChI=1S/C10H17O6P/c1-3-15-9(11)8(10(12)16-4-2)6-5-7-17(13)14/h8H,3-7H2,1-2H3/p+1. The minimum Gasteiger partial charge on any atom is -0.465 e. The minimum absolute atomic E-state index is 0.0602. The quantitative estimate of drug-likeness (QED) is 0.403. The van der Waals surface area contributed by atoms with Crippen LogP contribution in [0.4, 0.5) is 0 Å². The van der Waals surface area contributed by atoms with Gasteiger partial charge in [-0.05, 0) is 31.3 Å². The van der Waals surface area contributed by atoms with Gasteiger partial charge in [-0.2, -0.15) is 4.89 Å². The van der Waals surface area contributed by atoms with E-state index in [0.717, 1.165) is 0 Å². The topological polar surface area (TPSA) is 89.9 Å². The smallest absolute Gasteiger partial charge is 0.465 e. The molecule has 0 aliphatic carbocycles. The summed E-state index contributed by atoms with van der Waals surface area (Å²) < 4.78 is 20.0. The van der Waals surface area contributed by atoms with Crippen LogP contribution in [0.3, 0.4) is 0 Å². The van der Waals surface area contributed by atoms with Gasteiger partial charge < -0.3 is 9.47 Å². The van der Waals surface area contributed by atoms with E-state index in [9.17, 15) is 14.2 Å². The maximum Gasteiger partial charge on any atom is 0.505 e. The normalized spacial score (nSPS) is 11.2. The Morgan fingerprint density at radius 1 is 1.18 bits per heavy atom. The lowest BCUT2D eigenvalue weighted by atomic mass is 10.0. The third-order valence-corrected chi connectivity index (χ3v) is 2.68. The summed E-state index contributed by atoms with van der Waals surface area (Å²) in [7, 11) is -2.24. The van der Waals surface area contributed by atoms with Gasteiger partial charge in [0.1, 0.15) is 0 Å². The van der Waals surface area contributed by atoms with E-state index in [1.54, 1.807) is 13.8 Å². The molecule has 7 heteroatoms. The number of ether oxygens (including phenoxy) is 2. The van der Waals surface area contributed by atoms with Gasteiger partial charge >= 0.3 is 20.0 Å². The molecule has 0 amide bonds. The van der Waals surface area contributed by atoms with Gasteiger partial charge in [0, 0.05) is 0 Å². The van der Waals surface area contributed by atoms with E-state index in [1.165, 1.54) is 0 Å². The SMILES string of the molecule is CCOC(=O)C(CCC[P+](=O)O)C(=O)OCC. The maximum atomic E-state index is 11.5. The molecule has 0 heterocycles. The van der Waals surface area contributed by atoms with E-state index in [1.807, 2.05) is 0 Å². The Kier molecular flexibility index (Phi) is 8.54. The fourth-order valence-electron chi connectivity index (χ4n) is 1.25. The van der Waals surface area contributed by atoms with Crippen LogP contribution < -0.4 is 0 Å².